The monoisotopic (exact) mass is 318 g/mol. The van der Waals surface area contributed by atoms with Gasteiger partial charge in [0.2, 0.25) is 0 Å². The van der Waals surface area contributed by atoms with Gasteiger partial charge in [0, 0.05) is 0 Å². The lowest BCUT2D eigenvalue weighted by Crippen LogP contribution is -2.62. The first kappa shape index (κ1) is 19.9. The van der Waals surface area contributed by atoms with Crippen molar-refractivity contribution in [3.8, 4) is 0 Å². The van der Waals surface area contributed by atoms with Gasteiger partial charge in [-0.2, -0.15) is 0 Å². The summed E-state index contributed by atoms with van der Waals surface area (Å²) in [5, 5.41) is 28.4. The highest BCUT2D eigenvalue weighted by Crippen LogP contribution is 2.48. The second kappa shape index (κ2) is 6.33. The number of aliphatic carboxylic acids is 3. The minimum atomic E-state index is -3.23. The summed E-state index contributed by atoms with van der Waals surface area (Å²) in [5.41, 5.74) is -6.72. The predicted octanol–water partition coefficient (Wildman–Crippen LogP) is 1.37. The van der Waals surface area contributed by atoms with Gasteiger partial charge >= 0.3 is 23.9 Å². The van der Waals surface area contributed by atoms with Gasteiger partial charge in [-0.15, -0.1) is 0 Å². The van der Waals surface area contributed by atoms with Gasteiger partial charge in [0.25, 0.3) is 5.41 Å². The summed E-state index contributed by atoms with van der Waals surface area (Å²) < 4.78 is 4.92. The van der Waals surface area contributed by atoms with Crippen LogP contribution < -0.4 is 0 Å². The van der Waals surface area contributed by atoms with Gasteiger partial charge in [-0.1, -0.05) is 13.8 Å². The molecule has 3 N–H and O–H groups in total. The number of carbonyl (C=O) groups excluding carboxylic acids is 1. The Labute approximate surface area is 128 Å². The van der Waals surface area contributed by atoms with Gasteiger partial charge in [-0.25, -0.2) is 0 Å². The molecule has 0 aliphatic heterocycles. The lowest BCUT2D eigenvalue weighted by Gasteiger charge is -2.40. The molecule has 0 aromatic heterocycles. The van der Waals surface area contributed by atoms with Crippen LogP contribution in [0, 0.1) is 10.8 Å². The Morgan fingerprint density at radius 1 is 0.818 bits per heavy atom. The lowest BCUT2D eigenvalue weighted by atomic mass is 9.59. The molecular weight excluding hydrogens is 296 g/mol. The molecule has 0 aromatic carbocycles. The maximum Gasteiger partial charge on any atom is 0.336 e. The van der Waals surface area contributed by atoms with Crippen molar-refractivity contribution in [3.63, 3.8) is 0 Å². The highest BCUT2D eigenvalue weighted by Gasteiger charge is 2.71. The molecule has 0 rings (SSSR count). The Bertz CT molecular complexity index is 468. The van der Waals surface area contributed by atoms with Crippen LogP contribution in [0.3, 0.4) is 0 Å². The largest absolute Gasteiger partial charge is 0.481 e. The molecule has 0 bridgehead atoms. The zero-order valence-electron chi connectivity index (χ0n) is 13.3. The Morgan fingerprint density at radius 2 is 1.18 bits per heavy atom. The van der Waals surface area contributed by atoms with Crippen LogP contribution in [-0.4, -0.2) is 44.8 Å². The standard InChI is InChI=1S/C14H22O8/c1-6-13(7-2,8(15)16)14(9(17)18,10(19)20)11(21)22-12(3,4)5/h6-7H2,1-5H3,(H,15,16)(H,17,18)(H,19,20). The average Bonchev–Trinajstić information content (AvgIpc) is 2.31. The number of hydrogen-bond acceptors (Lipinski definition) is 5. The van der Waals surface area contributed by atoms with E-state index in [1.165, 1.54) is 34.6 Å². The fourth-order valence-corrected chi connectivity index (χ4v) is 2.47. The van der Waals surface area contributed by atoms with Gasteiger partial charge in [-0.05, 0) is 33.6 Å². The Hall–Kier alpha value is -2.12. The summed E-state index contributed by atoms with van der Waals surface area (Å²) in [6.45, 7) is 6.93. The molecule has 8 nitrogen and oxygen atoms in total. The predicted molar refractivity (Wildman–Crippen MR) is 74.2 cm³/mol. The summed E-state index contributed by atoms with van der Waals surface area (Å²) >= 11 is 0. The van der Waals surface area contributed by atoms with E-state index in [2.05, 4.69) is 0 Å². The van der Waals surface area contributed by atoms with E-state index in [0.717, 1.165) is 0 Å². The second-order valence-electron chi connectivity index (χ2n) is 5.96. The minimum Gasteiger partial charge on any atom is -0.481 e. The van der Waals surface area contributed by atoms with Gasteiger partial charge in [0.15, 0.2) is 0 Å². The second-order valence-corrected chi connectivity index (χ2v) is 5.96. The summed E-state index contributed by atoms with van der Waals surface area (Å²) in [5.74, 6) is -7.38. The van der Waals surface area contributed by atoms with Crippen LogP contribution in [-0.2, 0) is 23.9 Å². The molecule has 0 saturated carbocycles. The molecule has 8 heteroatoms. The molecular formula is C14H22O8. The summed E-state index contributed by atoms with van der Waals surface area (Å²) in [6.07, 6.45) is -0.729. The molecule has 0 aliphatic carbocycles. The first-order chi connectivity index (χ1) is 9.83. The summed E-state index contributed by atoms with van der Waals surface area (Å²) in [6, 6.07) is 0. The maximum atomic E-state index is 12.4. The normalized spacial score (nSPS) is 12.6. The van der Waals surface area contributed by atoms with Crippen LogP contribution in [0.1, 0.15) is 47.5 Å². The highest BCUT2D eigenvalue weighted by molar-refractivity contribution is 6.20. The van der Waals surface area contributed by atoms with E-state index in [1.54, 1.807) is 0 Å². The van der Waals surface area contributed by atoms with Crippen molar-refractivity contribution in [2.75, 3.05) is 0 Å². The number of esters is 1. The van der Waals surface area contributed by atoms with E-state index in [4.69, 9.17) is 4.74 Å². The summed E-state index contributed by atoms with van der Waals surface area (Å²) in [4.78, 5) is 47.5. The van der Waals surface area contributed by atoms with Gasteiger partial charge in [0.1, 0.15) is 11.0 Å². The van der Waals surface area contributed by atoms with Crippen LogP contribution in [0.2, 0.25) is 0 Å². The molecule has 0 heterocycles. The maximum absolute atomic E-state index is 12.4. The molecule has 0 aliphatic rings. The Kier molecular flexibility index (Phi) is 5.72. The van der Waals surface area contributed by atoms with Gasteiger partial charge in [-0.3, -0.25) is 19.2 Å². The zero-order valence-corrected chi connectivity index (χ0v) is 13.3. The zero-order chi connectivity index (χ0) is 17.9. The third kappa shape index (κ3) is 2.90. The number of carbonyl (C=O) groups is 4. The van der Waals surface area contributed by atoms with E-state index in [1.807, 2.05) is 0 Å². The first-order valence-corrected chi connectivity index (χ1v) is 6.77. The number of carboxylic acid groups (broad SMARTS) is 3. The topological polar surface area (TPSA) is 138 Å². The van der Waals surface area contributed by atoms with Crippen molar-refractivity contribution in [2.45, 2.75) is 53.1 Å². The molecule has 126 valence electrons. The van der Waals surface area contributed by atoms with Crippen molar-refractivity contribution in [1.29, 1.82) is 0 Å². The van der Waals surface area contributed by atoms with Crippen molar-refractivity contribution < 1.29 is 39.2 Å². The van der Waals surface area contributed by atoms with Gasteiger partial charge < -0.3 is 20.1 Å². The molecule has 0 spiro atoms. The minimum absolute atomic E-state index is 0.364. The molecule has 22 heavy (non-hydrogen) atoms. The number of ether oxygens (including phenoxy) is 1. The third-order valence-corrected chi connectivity index (χ3v) is 3.68. The van der Waals surface area contributed by atoms with Crippen LogP contribution in [0.4, 0.5) is 0 Å². The summed E-state index contributed by atoms with van der Waals surface area (Å²) in [7, 11) is 0. The quantitative estimate of drug-likeness (QED) is 0.472. The smallest absolute Gasteiger partial charge is 0.336 e. The molecule has 0 unspecified atom stereocenters. The molecule has 0 aromatic rings. The molecule has 0 saturated heterocycles. The van der Waals surface area contributed by atoms with Crippen LogP contribution in [0.5, 0.6) is 0 Å². The Morgan fingerprint density at radius 3 is 1.36 bits per heavy atom. The number of hydrogen-bond donors (Lipinski definition) is 3. The lowest BCUT2D eigenvalue weighted by molar-refractivity contribution is -0.203. The Balaban J connectivity index is 6.59. The molecule has 0 amide bonds. The molecule has 0 fully saturated rings. The SMILES string of the molecule is CCC(CC)(C(=O)O)C(C(=O)O)(C(=O)O)C(=O)OC(C)(C)C. The fourth-order valence-electron chi connectivity index (χ4n) is 2.47. The van der Waals surface area contributed by atoms with Crippen molar-refractivity contribution >= 4 is 23.9 Å². The van der Waals surface area contributed by atoms with Crippen molar-refractivity contribution in [1.82, 2.24) is 0 Å². The third-order valence-electron chi connectivity index (χ3n) is 3.68. The van der Waals surface area contributed by atoms with Crippen molar-refractivity contribution in [2.24, 2.45) is 10.8 Å². The van der Waals surface area contributed by atoms with Crippen molar-refractivity contribution in [3.05, 3.63) is 0 Å². The van der Waals surface area contributed by atoms with E-state index >= 15 is 0 Å². The van der Waals surface area contributed by atoms with E-state index in [9.17, 15) is 34.5 Å². The highest BCUT2D eigenvalue weighted by atomic mass is 16.6. The number of rotatable bonds is 7. The van der Waals surface area contributed by atoms with Crippen LogP contribution >= 0.6 is 0 Å². The molecule has 0 radical (unpaired) electrons. The van der Waals surface area contributed by atoms with E-state index < -0.39 is 40.3 Å². The molecule has 0 atom stereocenters. The van der Waals surface area contributed by atoms with Crippen LogP contribution in [0.25, 0.3) is 0 Å². The first-order valence-electron chi connectivity index (χ1n) is 6.77. The average molecular weight is 318 g/mol. The number of carboxylic acids is 3. The van der Waals surface area contributed by atoms with E-state index in [0.29, 0.717) is 0 Å². The fraction of sp³-hybridized carbons (Fsp3) is 0.714. The van der Waals surface area contributed by atoms with Gasteiger partial charge in [0.05, 0.1) is 0 Å². The van der Waals surface area contributed by atoms with E-state index in [-0.39, 0.29) is 12.8 Å². The van der Waals surface area contributed by atoms with Crippen LogP contribution in [0.15, 0.2) is 0 Å².